The van der Waals surface area contributed by atoms with Gasteiger partial charge in [-0.25, -0.2) is 0 Å². The lowest BCUT2D eigenvalue weighted by molar-refractivity contribution is -0.0884. The van der Waals surface area contributed by atoms with Crippen molar-refractivity contribution in [1.29, 1.82) is 0 Å². The molecule has 0 saturated carbocycles. The van der Waals surface area contributed by atoms with Gasteiger partial charge in [-0.3, -0.25) is 32.2 Å². The molecule has 1 aliphatic heterocycles. The van der Waals surface area contributed by atoms with Gasteiger partial charge < -0.3 is 30.0 Å². The molecular formula is C16H28NO12P3. The molecule has 3 unspecified atom stereocenters. The average molecular weight is 519 g/mol. The Morgan fingerprint density at radius 1 is 0.781 bits per heavy atom. The van der Waals surface area contributed by atoms with E-state index in [4.69, 9.17) is 28.9 Å². The van der Waals surface area contributed by atoms with E-state index in [2.05, 4.69) is 0 Å². The number of piperidine rings is 1. The minimum atomic E-state index is -4.64. The van der Waals surface area contributed by atoms with E-state index < -0.39 is 60.1 Å². The summed E-state index contributed by atoms with van der Waals surface area (Å²) in [5.41, 5.74) is 0.965. The maximum Gasteiger partial charge on any atom is 0.353 e. The molecule has 0 bridgehead atoms. The molecule has 1 aromatic carbocycles. The van der Waals surface area contributed by atoms with Gasteiger partial charge in [0.15, 0.2) is 0 Å². The van der Waals surface area contributed by atoms with E-state index >= 15 is 0 Å². The molecule has 13 nitrogen and oxygen atoms in total. The van der Waals surface area contributed by atoms with Crippen LogP contribution < -0.4 is 0 Å². The molecule has 2 rings (SSSR count). The minimum absolute atomic E-state index is 0.123. The van der Waals surface area contributed by atoms with Crippen LogP contribution in [0.3, 0.4) is 0 Å². The van der Waals surface area contributed by atoms with Crippen molar-refractivity contribution in [3.8, 4) is 0 Å². The highest BCUT2D eigenvalue weighted by atomic mass is 31.2. The first kappa shape index (κ1) is 27.8. The monoisotopic (exact) mass is 519 g/mol. The fraction of sp³-hybridized carbons (Fsp3) is 0.625. The number of hydrogen-bond acceptors (Lipinski definition) is 10. The van der Waals surface area contributed by atoms with Crippen LogP contribution in [0.1, 0.15) is 5.56 Å². The number of benzene rings is 1. The molecule has 1 fully saturated rings. The molecule has 1 aromatic rings. The Morgan fingerprint density at radius 3 is 1.66 bits per heavy atom. The standard InChI is InChI=1S/C16H28NO12P3/c18-10-30(21,22)27-14-8-17(7-6-13-4-2-1-3-5-13)9-15(28-31(23,24)11-19)16(14)29-32(25,26)12-20/h1-5,14-16,18-20H,6-12H2,(H,21,22)(H,23,24)(H,25,26)/t14-,15-/m1/s1. The average Bonchev–Trinajstić information content (AvgIpc) is 2.75. The molecule has 1 heterocycles. The number of likely N-dealkylation sites (tertiary alicyclic amines) is 1. The Morgan fingerprint density at radius 2 is 1.22 bits per heavy atom. The first-order valence-electron chi connectivity index (χ1n) is 9.50. The highest BCUT2D eigenvalue weighted by Crippen LogP contribution is 2.51. The smallest absolute Gasteiger partial charge is 0.353 e. The Balaban J connectivity index is 2.32. The van der Waals surface area contributed by atoms with Crippen molar-refractivity contribution in [3.05, 3.63) is 35.9 Å². The second kappa shape index (κ2) is 11.8. The third-order valence-electron chi connectivity index (χ3n) is 4.59. The third kappa shape index (κ3) is 8.70. The summed E-state index contributed by atoms with van der Waals surface area (Å²) < 4.78 is 51.1. The van der Waals surface area contributed by atoms with Crippen LogP contribution in [-0.4, -0.2) is 91.9 Å². The first-order chi connectivity index (χ1) is 14.9. The number of hydrogen-bond donors (Lipinski definition) is 6. The highest BCUT2D eigenvalue weighted by Gasteiger charge is 2.47. The van der Waals surface area contributed by atoms with Gasteiger partial charge in [-0.1, -0.05) is 30.3 Å². The van der Waals surface area contributed by atoms with E-state index in [0.717, 1.165) is 5.56 Å². The van der Waals surface area contributed by atoms with Gasteiger partial charge >= 0.3 is 22.8 Å². The van der Waals surface area contributed by atoms with Crippen LogP contribution in [0, 0.1) is 0 Å². The highest BCUT2D eigenvalue weighted by molar-refractivity contribution is 7.53. The zero-order valence-electron chi connectivity index (χ0n) is 17.0. The largest absolute Gasteiger partial charge is 0.384 e. The predicted molar refractivity (Wildman–Crippen MR) is 112 cm³/mol. The maximum absolute atomic E-state index is 12.0. The van der Waals surface area contributed by atoms with Crippen molar-refractivity contribution >= 4 is 22.8 Å². The van der Waals surface area contributed by atoms with E-state index in [9.17, 15) is 28.4 Å². The van der Waals surface area contributed by atoms with E-state index in [-0.39, 0.29) is 13.1 Å². The van der Waals surface area contributed by atoms with Crippen LogP contribution in [-0.2, 0) is 33.7 Å². The summed E-state index contributed by atoms with van der Waals surface area (Å²) in [5, 5.41) is 27.3. The molecule has 0 spiro atoms. The topological polar surface area (TPSA) is 204 Å². The molecule has 0 radical (unpaired) electrons. The number of nitrogens with zero attached hydrogens (tertiary/aromatic N) is 1. The second-order valence-electron chi connectivity index (χ2n) is 7.19. The van der Waals surface area contributed by atoms with E-state index in [1.165, 1.54) is 0 Å². The molecule has 1 saturated heterocycles. The van der Waals surface area contributed by atoms with E-state index in [1.54, 1.807) is 4.90 Å². The lowest BCUT2D eigenvalue weighted by atomic mass is 10.0. The summed E-state index contributed by atoms with van der Waals surface area (Å²) in [7, 11) is -13.8. The van der Waals surface area contributed by atoms with Gasteiger partial charge in [-0.2, -0.15) is 0 Å². The van der Waals surface area contributed by atoms with E-state index in [0.29, 0.717) is 13.0 Å². The van der Waals surface area contributed by atoms with Crippen LogP contribution in [0.2, 0.25) is 0 Å². The third-order valence-corrected chi connectivity index (χ3v) is 7.44. The summed E-state index contributed by atoms with van der Waals surface area (Å²) in [4.78, 5) is 30.9. The molecule has 1 aliphatic rings. The molecule has 5 atom stereocenters. The summed E-state index contributed by atoms with van der Waals surface area (Å²) in [6.45, 7) is 0.0985. The SMILES string of the molecule is O=P(O)(CO)OC1[C@H](OP(=O)(O)CO)CN(CCc2ccccc2)C[C@H]1OP(=O)(O)CO. The zero-order chi connectivity index (χ0) is 24.0. The minimum Gasteiger partial charge on any atom is -0.384 e. The van der Waals surface area contributed by atoms with Crippen molar-refractivity contribution in [2.24, 2.45) is 0 Å². The van der Waals surface area contributed by atoms with Gasteiger partial charge in [0.1, 0.15) is 37.4 Å². The van der Waals surface area contributed by atoms with Crippen LogP contribution in [0.15, 0.2) is 30.3 Å². The van der Waals surface area contributed by atoms with Crippen LogP contribution in [0.5, 0.6) is 0 Å². The van der Waals surface area contributed by atoms with Gasteiger partial charge in [0.25, 0.3) is 0 Å². The Bertz CT molecular complexity index is 835. The molecule has 0 amide bonds. The molecule has 6 N–H and O–H groups in total. The summed E-state index contributed by atoms with van der Waals surface area (Å²) in [5.74, 6) is 0. The Hall–Kier alpha value is -0.490. The molecule has 32 heavy (non-hydrogen) atoms. The van der Waals surface area contributed by atoms with Crippen molar-refractivity contribution in [1.82, 2.24) is 4.90 Å². The van der Waals surface area contributed by atoms with E-state index in [1.807, 2.05) is 30.3 Å². The number of aliphatic hydroxyl groups is 3. The normalized spacial score (nSPS) is 27.9. The molecule has 16 heteroatoms. The molecule has 184 valence electrons. The second-order valence-corrected chi connectivity index (χ2v) is 12.5. The fourth-order valence-corrected chi connectivity index (χ4v) is 5.25. The lowest BCUT2D eigenvalue weighted by Crippen LogP contribution is -2.57. The van der Waals surface area contributed by atoms with Crippen LogP contribution in [0.25, 0.3) is 0 Å². The van der Waals surface area contributed by atoms with Crippen molar-refractivity contribution < 1.29 is 57.3 Å². The molecule has 0 aliphatic carbocycles. The van der Waals surface area contributed by atoms with Gasteiger partial charge in [-0.15, -0.1) is 0 Å². The lowest BCUT2D eigenvalue weighted by Gasteiger charge is -2.43. The van der Waals surface area contributed by atoms with Crippen LogP contribution in [0.4, 0.5) is 0 Å². The quantitative estimate of drug-likeness (QED) is 0.203. The van der Waals surface area contributed by atoms with Gasteiger partial charge in [0.2, 0.25) is 0 Å². The number of aliphatic hydroxyl groups excluding tert-OH is 3. The van der Waals surface area contributed by atoms with Crippen molar-refractivity contribution in [2.75, 3.05) is 38.7 Å². The van der Waals surface area contributed by atoms with Gasteiger partial charge in [0, 0.05) is 19.6 Å². The van der Waals surface area contributed by atoms with Crippen LogP contribution >= 0.6 is 22.8 Å². The maximum atomic E-state index is 12.0. The van der Waals surface area contributed by atoms with Gasteiger partial charge in [0.05, 0.1) is 0 Å². The first-order valence-corrected chi connectivity index (χ1v) is 14.8. The molecule has 0 aromatic heterocycles. The van der Waals surface area contributed by atoms with Crippen molar-refractivity contribution in [3.63, 3.8) is 0 Å². The molecular weight excluding hydrogens is 491 g/mol. The van der Waals surface area contributed by atoms with Crippen molar-refractivity contribution in [2.45, 2.75) is 24.7 Å². The zero-order valence-corrected chi connectivity index (χ0v) is 19.7. The Kier molecular flexibility index (Phi) is 10.2. The predicted octanol–water partition coefficient (Wildman–Crippen LogP) is 0.106. The number of rotatable bonds is 12. The van der Waals surface area contributed by atoms with Gasteiger partial charge in [-0.05, 0) is 12.0 Å². The summed E-state index contributed by atoms with van der Waals surface area (Å²) in [6.07, 6.45) is -7.85. The fourth-order valence-electron chi connectivity index (χ4n) is 3.18. The summed E-state index contributed by atoms with van der Waals surface area (Å²) in [6, 6.07) is 9.28. The summed E-state index contributed by atoms with van der Waals surface area (Å²) >= 11 is 0. The Labute approximate surface area is 184 Å².